The minimum absolute atomic E-state index is 0.379. The van der Waals surface area contributed by atoms with Crippen molar-refractivity contribution in [2.24, 2.45) is 5.92 Å². The number of hydrogen-bond donors (Lipinski definition) is 1. The summed E-state index contributed by atoms with van der Waals surface area (Å²) in [6.45, 7) is 0.463. The predicted octanol–water partition coefficient (Wildman–Crippen LogP) is 5.19. The van der Waals surface area contributed by atoms with Crippen LogP contribution in [0, 0.1) is 5.92 Å². The lowest BCUT2D eigenvalue weighted by molar-refractivity contribution is 0.136. The van der Waals surface area contributed by atoms with E-state index >= 15 is 0 Å². The number of nitrogens with one attached hydrogen (secondary N) is 1. The van der Waals surface area contributed by atoms with Crippen LogP contribution >= 0.6 is 0 Å². The van der Waals surface area contributed by atoms with Gasteiger partial charge in [-0.2, -0.15) is 0 Å². The number of ether oxygens (including phenoxy) is 1. The van der Waals surface area contributed by atoms with E-state index in [9.17, 15) is 4.79 Å². The summed E-state index contributed by atoms with van der Waals surface area (Å²) >= 11 is 0. The fourth-order valence-corrected chi connectivity index (χ4v) is 3.59. The number of aryl methyl sites for hydroxylation is 1. The van der Waals surface area contributed by atoms with Crippen molar-refractivity contribution in [2.45, 2.75) is 19.3 Å². The Hall–Kier alpha value is -2.81. The molecular formula is C22H21NO2. The molecule has 0 aliphatic heterocycles. The quantitative estimate of drug-likeness (QED) is 0.717. The van der Waals surface area contributed by atoms with E-state index in [2.05, 4.69) is 29.6 Å². The summed E-state index contributed by atoms with van der Waals surface area (Å²) in [5.41, 5.74) is 3.60. The van der Waals surface area contributed by atoms with Gasteiger partial charge in [-0.05, 0) is 47.8 Å². The first kappa shape index (κ1) is 15.7. The van der Waals surface area contributed by atoms with Crippen LogP contribution in [0.1, 0.15) is 17.5 Å². The summed E-state index contributed by atoms with van der Waals surface area (Å²) in [5.74, 6) is 0.396. The van der Waals surface area contributed by atoms with Gasteiger partial charge in [-0.1, -0.05) is 60.7 Å². The lowest BCUT2D eigenvalue weighted by atomic mass is 9.84. The van der Waals surface area contributed by atoms with E-state index in [0.717, 1.165) is 35.7 Å². The van der Waals surface area contributed by atoms with Gasteiger partial charge >= 0.3 is 6.09 Å². The van der Waals surface area contributed by atoms with Crippen molar-refractivity contribution in [1.29, 1.82) is 0 Å². The topological polar surface area (TPSA) is 38.3 Å². The summed E-state index contributed by atoms with van der Waals surface area (Å²) < 4.78 is 5.50. The Morgan fingerprint density at radius 2 is 1.72 bits per heavy atom. The first-order valence-corrected chi connectivity index (χ1v) is 8.78. The standard InChI is InChI=1S/C22H21NO2/c24-22(23-21-11-5-9-18-7-3-4-10-20(18)21)25-15-16-12-13-17-6-1-2-8-19(17)14-16/h1-11,16H,12-15H2,(H,23,24)/t16-/m0/s1. The van der Waals surface area contributed by atoms with Crippen LogP contribution < -0.4 is 5.32 Å². The van der Waals surface area contributed by atoms with E-state index in [-0.39, 0.29) is 6.09 Å². The third-order valence-corrected chi connectivity index (χ3v) is 4.93. The Morgan fingerprint density at radius 3 is 2.64 bits per heavy atom. The lowest BCUT2D eigenvalue weighted by Gasteiger charge is -2.24. The van der Waals surface area contributed by atoms with E-state index < -0.39 is 0 Å². The van der Waals surface area contributed by atoms with Crippen LogP contribution in [-0.4, -0.2) is 12.7 Å². The van der Waals surface area contributed by atoms with Crippen LogP contribution in [0.25, 0.3) is 10.8 Å². The predicted molar refractivity (Wildman–Crippen MR) is 101 cm³/mol. The van der Waals surface area contributed by atoms with Gasteiger partial charge in [0.25, 0.3) is 0 Å². The fourth-order valence-electron chi connectivity index (χ4n) is 3.59. The molecule has 0 aromatic heterocycles. The number of anilines is 1. The first-order chi connectivity index (χ1) is 12.3. The van der Waals surface area contributed by atoms with E-state index in [1.54, 1.807) is 0 Å². The van der Waals surface area contributed by atoms with Crippen LogP contribution in [0.4, 0.5) is 10.5 Å². The van der Waals surface area contributed by atoms with Crippen LogP contribution in [-0.2, 0) is 17.6 Å². The van der Waals surface area contributed by atoms with Gasteiger partial charge in [-0.3, -0.25) is 5.32 Å². The average Bonchev–Trinajstić information content (AvgIpc) is 2.66. The number of carbonyl (C=O) groups is 1. The second kappa shape index (κ2) is 6.98. The molecule has 4 rings (SSSR count). The average molecular weight is 331 g/mol. The molecule has 1 aliphatic carbocycles. The number of amides is 1. The van der Waals surface area contributed by atoms with Crippen LogP contribution in [0.5, 0.6) is 0 Å². The van der Waals surface area contributed by atoms with Gasteiger partial charge in [0, 0.05) is 5.39 Å². The minimum atomic E-state index is -0.379. The molecule has 0 saturated heterocycles. The zero-order chi connectivity index (χ0) is 17.1. The zero-order valence-corrected chi connectivity index (χ0v) is 14.1. The molecule has 1 amide bonds. The summed E-state index contributed by atoms with van der Waals surface area (Å²) in [4.78, 5) is 12.2. The molecule has 0 spiro atoms. The summed E-state index contributed by atoms with van der Waals surface area (Å²) in [5, 5.41) is 5.01. The van der Waals surface area contributed by atoms with Crippen molar-refractivity contribution in [3.8, 4) is 0 Å². The van der Waals surface area contributed by atoms with Crippen molar-refractivity contribution < 1.29 is 9.53 Å². The second-order valence-electron chi connectivity index (χ2n) is 6.63. The zero-order valence-electron chi connectivity index (χ0n) is 14.1. The van der Waals surface area contributed by atoms with Crippen molar-refractivity contribution in [3.05, 3.63) is 77.9 Å². The summed E-state index contributed by atoms with van der Waals surface area (Å²) in [7, 11) is 0. The van der Waals surface area contributed by atoms with E-state index in [4.69, 9.17) is 4.74 Å². The van der Waals surface area contributed by atoms with Crippen LogP contribution in [0.3, 0.4) is 0 Å². The Balaban J connectivity index is 1.37. The number of rotatable bonds is 3. The Kier molecular flexibility index (Phi) is 4.38. The van der Waals surface area contributed by atoms with Crippen molar-refractivity contribution in [2.75, 3.05) is 11.9 Å². The molecule has 1 aliphatic rings. The molecular weight excluding hydrogens is 310 g/mol. The third kappa shape index (κ3) is 3.50. The molecule has 0 bridgehead atoms. The normalized spacial score (nSPS) is 16.2. The van der Waals surface area contributed by atoms with Crippen molar-refractivity contribution in [1.82, 2.24) is 0 Å². The Bertz CT molecular complexity index is 898. The molecule has 3 aromatic rings. The molecule has 3 aromatic carbocycles. The molecule has 126 valence electrons. The van der Waals surface area contributed by atoms with E-state index in [1.807, 2.05) is 42.5 Å². The fraction of sp³-hybridized carbons (Fsp3) is 0.227. The van der Waals surface area contributed by atoms with Gasteiger partial charge in [-0.25, -0.2) is 4.79 Å². The van der Waals surface area contributed by atoms with Crippen molar-refractivity contribution >= 4 is 22.6 Å². The van der Waals surface area contributed by atoms with Gasteiger partial charge in [0.1, 0.15) is 0 Å². The molecule has 3 heteroatoms. The highest BCUT2D eigenvalue weighted by Crippen LogP contribution is 2.26. The molecule has 1 N–H and O–H groups in total. The van der Waals surface area contributed by atoms with Gasteiger partial charge in [0.2, 0.25) is 0 Å². The number of benzene rings is 3. The monoisotopic (exact) mass is 331 g/mol. The number of hydrogen-bond acceptors (Lipinski definition) is 2. The lowest BCUT2D eigenvalue weighted by Crippen LogP contribution is -2.23. The molecule has 1 atom stereocenters. The molecule has 3 nitrogen and oxygen atoms in total. The number of fused-ring (bicyclic) bond motifs is 2. The van der Waals surface area contributed by atoms with E-state index in [1.165, 1.54) is 11.1 Å². The largest absolute Gasteiger partial charge is 0.449 e. The Morgan fingerprint density at radius 1 is 0.960 bits per heavy atom. The van der Waals surface area contributed by atoms with Gasteiger partial charge in [0.15, 0.2) is 0 Å². The van der Waals surface area contributed by atoms with Crippen LogP contribution in [0.15, 0.2) is 66.7 Å². The van der Waals surface area contributed by atoms with Gasteiger partial charge in [0.05, 0.1) is 12.3 Å². The third-order valence-electron chi connectivity index (χ3n) is 4.93. The number of carbonyl (C=O) groups excluding carboxylic acids is 1. The van der Waals surface area contributed by atoms with Crippen molar-refractivity contribution in [3.63, 3.8) is 0 Å². The molecule has 0 saturated carbocycles. The smallest absolute Gasteiger partial charge is 0.411 e. The maximum Gasteiger partial charge on any atom is 0.411 e. The summed E-state index contributed by atoms with van der Waals surface area (Å²) in [6, 6.07) is 22.4. The molecule has 0 heterocycles. The second-order valence-corrected chi connectivity index (χ2v) is 6.63. The highest BCUT2D eigenvalue weighted by molar-refractivity contribution is 6.00. The molecule has 0 radical (unpaired) electrons. The summed E-state index contributed by atoms with van der Waals surface area (Å²) in [6.07, 6.45) is 2.74. The first-order valence-electron chi connectivity index (χ1n) is 8.78. The van der Waals surface area contributed by atoms with E-state index in [0.29, 0.717) is 12.5 Å². The Labute approximate surface area is 147 Å². The minimum Gasteiger partial charge on any atom is -0.449 e. The SMILES string of the molecule is O=C(Nc1cccc2ccccc12)OC[C@H]1CCc2ccccc2C1. The van der Waals surface area contributed by atoms with Gasteiger partial charge in [-0.15, -0.1) is 0 Å². The molecule has 25 heavy (non-hydrogen) atoms. The molecule has 0 fully saturated rings. The van der Waals surface area contributed by atoms with Crippen LogP contribution in [0.2, 0.25) is 0 Å². The highest BCUT2D eigenvalue weighted by atomic mass is 16.5. The maximum absolute atomic E-state index is 12.2. The molecule has 0 unspecified atom stereocenters. The highest BCUT2D eigenvalue weighted by Gasteiger charge is 2.19. The van der Waals surface area contributed by atoms with Gasteiger partial charge < -0.3 is 4.74 Å². The maximum atomic E-state index is 12.2.